The van der Waals surface area contributed by atoms with E-state index < -0.39 is 0 Å². The van der Waals surface area contributed by atoms with E-state index in [4.69, 9.17) is 0 Å². The molecular formula is C13H17BrN4O2. The molecule has 2 heterocycles. The Labute approximate surface area is 126 Å². The lowest BCUT2D eigenvalue weighted by molar-refractivity contribution is -0.384. The number of nitro benzene ring substituents is 1. The van der Waals surface area contributed by atoms with Crippen LogP contribution in [-0.2, 0) is 0 Å². The van der Waals surface area contributed by atoms with Crippen LogP contribution in [0.3, 0.4) is 0 Å². The van der Waals surface area contributed by atoms with E-state index in [0.29, 0.717) is 6.04 Å². The molecule has 1 aromatic rings. The molecule has 108 valence electrons. The highest BCUT2D eigenvalue weighted by atomic mass is 79.9. The Kier molecular flexibility index (Phi) is 3.91. The maximum absolute atomic E-state index is 11.1. The van der Waals surface area contributed by atoms with Crippen molar-refractivity contribution < 1.29 is 4.92 Å². The average Bonchev–Trinajstić information content (AvgIpc) is 2.37. The Balaban J connectivity index is 1.73. The van der Waals surface area contributed by atoms with E-state index >= 15 is 0 Å². The van der Waals surface area contributed by atoms with Gasteiger partial charge < -0.3 is 10.2 Å². The summed E-state index contributed by atoms with van der Waals surface area (Å²) in [5.41, 5.74) is 0.905. The molecule has 1 N–H and O–H groups in total. The summed E-state index contributed by atoms with van der Waals surface area (Å²) in [6.07, 6.45) is 0. The summed E-state index contributed by atoms with van der Waals surface area (Å²) in [4.78, 5) is 15.4. The summed E-state index contributed by atoms with van der Waals surface area (Å²) >= 11 is 3.40. The van der Waals surface area contributed by atoms with E-state index in [1.54, 1.807) is 12.1 Å². The molecule has 0 bridgehead atoms. The Bertz CT molecular complexity index is 513. The van der Waals surface area contributed by atoms with Crippen molar-refractivity contribution >= 4 is 27.3 Å². The van der Waals surface area contributed by atoms with Crippen LogP contribution >= 0.6 is 15.9 Å². The number of anilines is 1. The second kappa shape index (κ2) is 5.67. The predicted octanol–water partition coefficient (Wildman–Crippen LogP) is 1.45. The van der Waals surface area contributed by atoms with Gasteiger partial charge >= 0.3 is 0 Å². The van der Waals surface area contributed by atoms with Crippen LogP contribution in [0.4, 0.5) is 11.4 Å². The number of rotatable bonds is 3. The fraction of sp³-hybridized carbons (Fsp3) is 0.538. The molecule has 0 spiro atoms. The summed E-state index contributed by atoms with van der Waals surface area (Å²) in [5, 5.41) is 14.4. The minimum absolute atomic E-state index is 0.187. The van der Waals surface area contributed by atoms with Gasteiger partial charge in [-0.25, -0.2) is 0 Å². The van der Waals surface area contributed by atoms with Gasteiger partial charge in [0.1, 0.15) is 5.69 Å². The van der Waals surface area contributed by atoms with Crippen molar-refractivity contribution in [2.24, 2.45) is 0 Å². The summed E-state index contributed by atoms with van der Waals surface area (Å²) in [6.45, 7) is 5.75. The van der Waals surface area contributed by atoms with Crippen molar-refractivity contribution in [1.82, 2.24) is 10.2 Å². The van der Waals surface area contributed by atoms with Crippen molar-refractivity contribution in [3.8, 4) is 0 Å². The van der Waals surface area contributed by atoms with Gasteiger partial charge in [-0.1, -0.05) is 15.9 Å². The van der Waals surface area contributed by atoms with Gasteiger partial charge in [-0.05, 0) is 12.1 Å². The van der Waals surface area contributed by atoms with Gasteiger partial charge in [0.25, 0.3) is 5.69 Å². The van der Waals surface area contributed by atoms with E-state index in [2.05, 4.69) is 31.0 Å². The highest BCUT2D eigenvalue weighted by Crippen LogP contribution is 2.32. The SMILES string of the molecule is O=[N+]([O-])c1ccc(Br)cc1N1CCN(C2CNC2)CC1. The molecule has 2 fully saturated rings. The molecule has 2 aliphatic rings. The molecule has 0 saturated carbocycles. The van der Waals surface area contributed by atoms with Gasteiger partial charge in [-0.3, -0.25) is 15.0 Å². The molecule has 0 amide bonds. The van der Waals surface area contributed by atoms with Crippen LogP contribution in [0.25, 0.3) is 0 Å². The van der Waals surface area contributed by atoms with E-state index in [1.807, 2.05) is 6.07 Å². The van der Waals surface area contributed by atoms with Crippen molar-refractivity contribution in [2.75, 3.05) is 44.2 Å². The first-order chi connectivity index (χ1) is 9.65. The fourth-order valence-electron chi connectivity index (χ4n) is 2.76. The molecule has 2 saturated heterocycles. The van der Waals surface area contributed by atoms with E-state index in [-0.39, 0.29) is 10.6 Å². The fourth-order valence-corrected chi connectivity index (χ4v) is 3.11. The smallest absolute Gasteiger partial charge is 0.292 e. The van der Waals surface area contributed by atoms with Gasteiger partial charge in [0.15, 0.2) is 0 Å². The minimum Gasteiger partial charge on any atom is -0.363 e. The molecule has 0 unspecified atom stereocenters. The Hall–Kier alpha value is -1.18. The predicted molar refractivity (Wildman–Crippen MR) is 81.2 cm³/mol. The van der Waals surface area contributed by atoms with Crippen molar-refractivity contribution in [2.45, 2.75) is 6.04 Å². The molecule has 0 aliphatic carbocycles. The van der Waals surface area contributed by atoms with E-state index in [9.17, 15) is 10.1 Å². The summed E-state index contributed by atoms with van der Waals surface area (Å²) < 4.78 is 0.878. The minimum atomic E-state index is -0.302. The highest BCUT2D eigenvalue weighted by Gasteiger charge is 2.29. The number of nitro groups is 1. The van der Waals surface area contributed by atoms with Gasteiger partial charge in [-0.2, -0.15) is 0 Å². The lowest BCUT2D eigenvalue weighted by Crippen LogP contribution is -2.61. The first-order valence-electron chi connectivity index (χ1n) is 6.79. The number of hydrogen-bond donors (Lipinski definition) is 1. The first kappa shape index (κ1) is 13.8. The molecule has 3 rings (SSSR count). The first-order valence-corrected chi connectivity index (χ1v) is 7.58. The zero-order chi connectivity index (χ0) is 14.1. The van der Waals surface area contributed by atoms with Crippen molar-refractivity contribution in [3.05, 3.63) is 32.8 Å². The van der Waals surface area contributed by atoms with E-state index in [0.717, 1.165) is 49.4 Å². The van der Waals surface area contributed by atoms with Crippen molar-refractivity contribution in [1.29, 1.82) is 0 Å². The number of halogens is 1. The zero-order valence-electron chi connectivity index (χ0n) is 11.1. The standard InChI is InChI=1S/C13H17BrN4O2/c14-10-1-2-12(18(19)20)13(7-10)17-5-3-16(4-6-17)11-8-15-9-11/h1-2,7,11,15H,3-6,8-9H2. The molecule has 20 heavy (non-hydrogen) atoms. The number of benzene rings is 1. The molecule has 0 radical (unpaired) electrons. The second-order valence-corrected chi connectivity index (χ2v) is 6.14. The highest BCUT2D eigenvalue weighted by molar-refractivity contribution is 9.10. The van der Waals surface area contributed by atoms with Crippen LogP contribution < -0.4 is 10.2 Å². The Morgan fingerprint density at radius 1 is 1.25 bits per heavy atom. The third-order valence-corrected chi connectivity index (χ3v) is 4.56. The Morgan fingerprint density at radius 3 is 2.50 bits per heavy atom. The van der Waals surface area contributed by atoms with Crippen molar-refractivity contribution in [3.63, 3.8) is 0 Å². The topological polar surface area (TPSA) is 61.7 Å². The maximum Gasteiger partial charge on any atom is 0.292 e. The van der Waals surface area contributed by atoms with Crippen LogP contribution in [0.2, 0.25) is 0 Å². The molecule has 7 heteroatoms. The number of hydrogen-bond acceptors (Lipinski definition) is 5. The van der Waals surface area contributed by atoms with Crippen LogP contribution in [-0.4, -0.2) is 55.1 Å². The lowest BCUT2D eigenvalue weighted by Gasteiger charge is -2.43. The van der Waals surface area contributed by atoms with Gasteiger partial charge in [0.05, 0.1) is 4.92 Å². The van der Waals surface area contributed by atoms with Gasteiger partial charge in [0.2, 0.25) is 0 Å². The van der Waals surface area contributed by atoms with Gasteiger partial charge in [0, 0.05) is 55.8 Å². The maximum atomic E-state index is 11.1. The summed E-state index contributed by atoms with van der Waals surface area (Å²) in [6, 6.07) is 5.78. The molecular weight excluding hydrogens is 324 g/mol. The molecule has 0 aromatic heterocycles. The number of nitrogens with zero attached hydrogens (tertiary/aromatic N) is 3. The van der Waals surface area contributed by atoms with Crippen LogP contribution in [0.1, 0.15) is 0 Å². The quantitative estimate of drug-likeness (QED) is 0.666. The van der Waals surface area contributed by atoms with Crippen LogP contribution in [0.5, 0.6) is 0 Å². The third-order valence-electron chi connectivity index (χ3n) is 4.07. The van der Waals surface area contributed by atoms with E-state index in [1.165, 1.54) is 0 Å². The molecule has 6 nitrogen and oxygen atoms in total. The monoisotopic (exact) mass is 340 g/mol. The molecule has 0 atom stereocenters. The normalized spacial score (nSPS) is 20.8. The molecule has 2 aliphatic heterocycles. The zero-order valence-corrected chi connectivity index (χ0v) is 12.7. The summed E-state index contributed by atoms with van der Waals surface area (Å²) in [5.74, 6) is 0. The van der Waals surface area contributed by atoms with Gasteiger partial charge in [-0.15, -0.1) is 0 Å². The third kappa shape index (κ3) is 2.65. The largest absolute Gasteiger partial charge is 0.363 e. The average molecular weight is 341 g/mol. The van der Waals surface area contributed by atoms with Crippen LogP contribution in [0, 0.1) is 10.1 Å². The number of nitrogens with one attached hydrogen (secondary N) is 1. The summed E-state index contributed by atoms with van der Waals surface area (Å²) in [7, 11) is 0. The number of piperazine rings is 1. The Morgan fingerprint density at radius 2 is 1.95 bits per heavy atom. The molecule has 1 aromatic carbocycles. The van der Waals surface area contributed by atoms with Crippen LogP contribution in [0.15, 0.2) is 22.7 Å². The second-order valence-electron chi connectivity index (χ2n) is 5.23. The lowest BCUT2D eigenvalue weighted by atomic mass is 10.1.